The SMILES string of the molecule is Cc1cc(C)nc(N2CCN(c3cccs3)CC2)n1. The summed E-state index contributed by atoms with van der Waals surface area (Å²) in [7, 11) is 0. The molecule has 1 aliphatic rings. The molecule has 1 aliphatic heterocycles. The molecule has 0 unspecified atom stereocenters. The molecule has 0 spiro atoms. The van der Waals surface area contributed by atoms with Crippen LogP contribution in [0.2, 0.25) is 0 Å². The monoisotopic (exact) mass is 274 g/mol. The quantitative estimate of drug-likeness (QED) is 0.842. The fourth-order valence-corrected chi connectivity index (χ4v) is 3.21. The molecule has 3 heterocycles. The number of anilines is 2. The largest absolute Gasteiger partial charge is 0.360 e. The minimum atomic E-state index is 0.878. The van der Waals surface area contributed by atoms with Crippen molar-refractivity contribution in [3.05, 3.63) is 35.0 Å². The van der Waals surface area contributed by atoms with Crippen LogP contribution in [0.3, 0.4) is 0 Å². The topological polar surface area (TPSA) is 32.3 Å². The summed E-state index contributed by atoms with van der Waals surface area (Å²) in [5, 5.41) is 3.50. The number of hydrogen-bond donors (Lipinski definition) is 0. The van der Waals surface area contributed by atoms with Crippen LogP contribution < -0.4 is 9.80 Å². The van der Waals surface area contributed by atoms with E-state index in [9.17, 15) is 0 Å². The van der Waals surface area contributed by atoms with Gasteiger partial charge in [-0.3, -0.25) is 0 Å². The molecular weight excluding hydrogens is 256 g/mol. The zero-order valence-electron chi connectivity index (χ0n) is 11.3. The molecule has 5 heteroatoms. The van der Waals surface area contributed by atoms with Crippen LogP contribution in [0.1, 0.15) is 11.4 Å². The van der Waals surface area contributed by atoms with Crippen molar-refractivity contribution in [3.8, 4) is 0 Å². The van der Waals surface area contributed by atoms with E-state index in [4.69, 9.17) is 0 Å². The number of nitrogens with zero attached hydrogens (tertiary/aromatic N) is 4. The molecular formula is C14H18N4S. The molecule has 0 aliphatic carbocycles. The molecule has 1 fully saturated rings. The first-order valence-corrected chi connectivity index (χ1v) is 7.46. The first kappa shape index (κ1) is 12.4. The summed E-state index contributed by atoms with van der Waals surface area (Å²) >= 11 is 1.81. The van der Waals surface area contributed by atoms with Gasteiger partial charge in [0.2, 0.25) is 5.95 Å². The van der Waals surface area contributed by atoms with Crippen LogP contribution in [-0.2, 0) is 0 Å². The van der Waals surface area contributed by atoms with Crippen LogP contribution in [-0.4, -0.2) is 36.1 Å². The van der Waals surface area contributed by atoms with Crippen molar-refractivity contribution < 1.29 is 0 Å². The van der Waals surface area contributed by atoms with Gasteiger partial charge in [0, 0.05) is 37.6 Å². The van der Waals surface area contributed by atoms with Gasteiger partial charge in [0.05, 0.1) is 5.00 Å². The van der Waals surface area contributed by atoms with E-state index in [1.165, 1.54) is 5.00 Å². The maximum Gasteiger partial charge on any atom is 0.225 e. The second-order valence-corrected chi connectivity index (χ2v) is 5.80. The summed E-state index contributed by atoms with van der Waals surface area (Å²) in [6, 6.07) is 6.32. The highest BCUT2D eigenvalue weighted by Crippen LogP contribution is 2.23. The molecule has 0 aromatic carbocycles. The molecule has 2 aromatic rings. The average molecular weight is 274 g/mol. The molecule has 0 atom stereocenters. The summed E-state index contributed by atoms with van der Waals surface area (Å²) < 4.78 is 0. The van der Waals surface area contributed by atoms with Crippen LogP contribution in [0, 0.1) is 13.8 Å². The fourth-order valence-electron chi connectivity index (χ4n) is 2.43. The molecule has 19 heavy (non-hydrogen) atoms. The first-order valence-electron chi connectivity index (χ1n) is 6.58. The Morgan fingerprint density at radius 2 is 1.63 bits per heavy atom. The molecule has 2 aromatic heterocycles. The highest BCUT2D eigenvalue weighted by molar-refractivity contribution is 7.14. The van der Waals surface area contributed by atoms with E-state index in [-0.39, 0.29) is 0 Å². The van der Waals surface area contributed by atoms with Gasteiger partial charge in [-0.25, -0.2) is 9.97 Å². The third-order valence-electron chi connectivity index (χ3n) is 3.35. The second-order valence-electron chi connectivity index (χ2n) is 4.88. The molecule has 0 N–H and O–H groups in total. The molecule has 1 saturated heterocycles. The summed E-state index contributed by atoms with van der Waals surface area (Å²) in [6.45, 7) is 8.11. The minimum absolute atomic E-state index is 0.878. The Morgan fingerprint density at radius 3 is 2.21 bits per heavy atom. The summed E-state index contributed by atoms with van der Waals surface area (Å²) in [4.78, 5) is 13.8. The van der Waals surface area contributed by atoms with Crippen LogP contribution in [0.5, 0.6) is 0 Å². The van der Waals surface area contributed by atoms with Crippen molar-refractivity contribution in [2.75, 3.05) is 36.0 Å². The van der Waals surface area contributed by atoms with Gasteiger partial charge in [-0.05, 0) is 37.4 Å². The summed E-state index contributed by atoms with van der Waals surface area (Å²) in [5.74, 6) is 0.878. The Morgan fingerprint density at radius 1 is 1.00 bits per heavy atom. The maximum atomic E-state index is 4.54. The maximum absolute atomic E-state index is 4.54. The van der Waals surface area contributed by atoms with Crippen molar-refractivity contribution in [3.63, 3.8) is 0 Å². The van der Waals surface area contributed by atoms with Gasteiger partial charge < -0.3 is 9.80 Å². The predicted octanol–water partition coefficient (Wildman–Crippen LogP) is 2.48. The predicted molar refractivity (Wildman–Crippen MR) is 80.3 cm³/mol. The first-order chi connectivity index (χ1) is 9.22. The van der Waals surface area contributed by atoms with Crippen molar-refractivity contribution in [1.29, 1.82) is 0 Å². The number of aromatic nitrogens is 2. The molecule has 0 amide bonds. The van der Waals surface area contributed by atoms with Gasteiger partial charge >= 0.3 is 0 Å². The Hall–Kier alpha value is -1.62. The van der Waals surface area contributed by atoms with Crippen LogP contribution >= 0.6 is 11.3 Å². The van der Waals surface area contributed by atoms with E-state index in [1.54, 1.807) is 0 Å². The number of piperazine rings is 1. The van der Waals surface area contributed by atoms with E-state index in [2.05, 4.69) is 37.3 Å². The van der Waals surface area contributed by atoms with Crippen molar-refractivity contribution in [1.82, 2.24) is 9.97 Å². The van der Waals surface area contributed by atoms with Crippen LogP contribution in [0.4, 0.5) is 10.9 Å². The van der Waals surface area contributed by atoms with Crippen LogP contribution in [0.15, 0.2) is 23.6 Å². The molecule has 0 saturated carbocycles. The van der Waals surface area contributed by atoms with Gasteiger partial charge in [-0.2, -0.15) is 0 Å². The molecule has 0 bridgehead atoms. The number of hydrogen-bond acceptors (Lipinski definition) is 5. The molecule has 100 valence electrons. The van der Waals surface area contributed by atoms with E-state index >= 15 is 0 Å². The summed E-state index contributed by atoms with van der Waals surface area (Å²) in [6.07, 6.45) is 0. The number of rotatable bonds is 2. The Kier molecular flexibility index (Phi) is 3.38. The minimum Gasteiger partial charge on any atom is -0.360 e. The van der Waals surface area contributed by atoms with E-state index in [1.807, 2.05) is 31.3 Å². The third-order valence-corrected chi connectivity index (χ3v) is 4.28. The lowest BCUT2D eigenvalue weighted by Crippen LogP contribution is -2.47. The van der Waals surface area contributed by atoms with E-state index in [0.717, 1.165) is 43.5 Å². The van der Waals surface area contributed by atoms with Crippen molar-refractivity contribution >= 4 is 22.3 Å². The van der Waals surface area contributed by atoms with Crippen molar-refractivity contribution in [2.24, 2.45) is 0 Å². The molecule has 4 nitrogen and oxygen atoms in total. The molecule has 0 radical (unpaired) electrons. The van der Waals surface area contributed by atoms with E-state index in [0.29, 0.717) is 0 Å². The number of aryl methyl sites for hydroxylation is 2. The van der Waals surface area contributed by atoms with Crippen LogP contribution in [0.25, 0.3) is 0 Å². The van der Waals surface area contributed by atoms with Gasteiger partial charge in [-0.15, -0.1) is 11.3 Å². The van der Waals surface area contributed by atoms with Crippen molar-refractivity contribution in [2.45, 2.75) is 13.8 Å². The van der Waals surface area contributed by atoms with Gasteiger partial charge in [0.25, 0.3) is 0 Å². The lowest BCUT2D eigenvalue weighted by Gasteiger charge is -2.35. The van der Waals surface area contributed by atoms with Gasteiger partial charge in [0.15, 0.2) is 0 Å². The smallest absolute Gasteiger partial charge is 0.225 e. The summed E-state index contributed by atoms with van der Waals surface area (Å²) in [5.41, 5.74) is 2.09. The zero-order valence-corrected chi connectivity index (χ0v) is 12.2. The standard InChI is InChI=1S/C14H18N4S/c1-11-10-12(2)16-14(15-11)18-7-5-17(6-8-18)13-4-3-9-19-13/h3-4,9-10H,5-8H2,1-2H3. The van der Waals surface area contributed by atoms with Gasteiger partial charge in [0.1, 0.15) is 0 Å². The highest BCUT2D eigenvalue weighted by Gasteiger charge is 2.19. The Bertz CT molecular complexity index is 524. The zero-order chi connectivity index (χ0) is 13.2. The lowest BCUT2D eigenvalue weighted by molar-refractivity contribution is 0.641. The Labute approximate surface area is 117 Å². The fraction of sp³-hybridized carbons (Fsp3) is 0.429. The average Bonchev–Trinajstić information content (AvgIpc) is 2.91. The normalized spacial score (nSPS) is 15.9. The lowest BCUT2D eigenvalue weighted by atomic mass is 10.3. The molecule has 3 rings (SSSR count). The highest BCUT2D eigenvalue weighted by atomic mass is 32.1. The second kappa shape index (κ2) is 5.17. The van der Waals surface area contributed by atoms with Gasteiger partial charge in [-0.1, -0.05) is 0 Å². The third kappa shape index (κ3) is 2.71. The number of thiophene rings is 1. The van der Waals surface area contributed by atoms with E-state index < -0.39 is 0 Å². The Balaban J connectivity index is 1.70.